The number of carbonyl (C=O) groups is 1. The van der Waals surface area contributed by atoms with Gasteiger partial charge in [-0.15, -0.1) is 0 Å². The standard InChI is InChI=1S/C15H23N3O3/c1-4-6-18(13-9-21-8-12(13)15(19)20)14-7-11(5-2)16-10(3)17-14/h7,12-13H,4-6,8-9H2,1-3H3,(H,19,20). The average molecular weight is 293 g/mol. The van der Waals surface area contributed by atoms with Crippen LogP contribution in [0.5, 0.6) is 0 Å². The van der Waals surface area contributed by atoms with Crippen molar-refractivity contribution < 1.29 is 14.6 Å². The van der Waals surface area contributed by atoms with Crippen LogP contribution in [0.15, 0.2) is 6.07 Å². The highest BCUT2D eigenvalue weighted by molar-refractivity contribution is 5.72. The van der Waals surface area contributed by atoms with Gasteiger partial charge in [-0.1, -0.05) is 13.8 Å². The maximum Gasteiger partial charge on any atom is 0.311 e. The fraction of sp³-hybridized carbons (Fsp3) is 0.667. The number of carboxylic acid groups (broad SMARTS) is 1. The van der Waals surface area contributed by atoms with Gasteiger partial charge in [0.1, 0.15) is 17.6 Å². The molecule has 6 heteroatoms. The van der Waals surface area contributed by atoms with Crippen LogP contribution in [0.3, 0.4) is 0 Å². The van der Waals surface area contributed by atoms with Crippen LogP contribution in [0.2, 0.25) is 0 Å². The topological polar surface area (TPSA) is 75.5 Å². The van der Waals surface area contributed by atoms with Crippen molar-refractivity contribution in [2.24, 2.45) is 5.92 Å². The molecule has 2 unspecified atom stereocenters. The summed E-state index contributed by atoms with van der Waals surface area (Å²) in [5, 5.41) is 9.36. The monoisotopic (exact) mass is 293 g/mol. The van der Waals surface area contributed by atoms with Crippen LogP contribution in [0.1, 0.15) is 31.8 Å². The average Bonchev–Trinajstić information content (AvgIpc) is 2.93. The van der Waals surface area contributed by atoms with Crippen LogP contribution in [0.25, 0.3) is 0 Å². The number of anilines is 1. The van der Waals surface area contributed by atoms with Crippen molar-refractivity contribution in [2.75, 3.05) is 24.7 Å². The molecule has 0 radical (unpaired) electrons. The van der Waals surface area contributed by atoms with Gasteiger partial charge in [0.25, 0.3) is 0 Å². The number of carboxylic acids is 1. The van der Waals surface area contributed by atoms with Gasteiger partial charge in [-0.2, -0.15) is 0 Å². The molecule has 0 saturated carbocycles. The molecule has 2 atom stereocenters. The SMILES string of the molecule is CCCN(c1cc(CC)nc(C)n1)C1COCC1C(=O)O. The molecule has 1 aromatic heterocycles. The summed E-state index contributed by atoms with van der Waals surface area (Å²) in [6.45, 7) is 7.46. The first-order chi connectivity index (χ1) is 10.1. The largest absolute Gasteiger partial charge is 0.481 e. The van der Waals surface area contributed by atoms with Crippen molar-refractivity contribution in [3.63, 3.8) is 0 Å². The summed E-state index contributed by atoms with van der Waals surface area (Å²) in [7, 11) is 0. The van der Waals surface area contributed by atoms with E-state index in [0.29, 0.717) is 6.61 Å². The van der Waals surface area contributed by atoms with E-state index in [0.717, 1.165) is 36.7 Å². The van der Waals surface area contributed by atoms with E-state index in [1.54, 1.807) is 0 Å². The summed E-state index contributed by atoms with van der Waals surface area (Å²) in [4.78, 5) is 22.4. The van der Waals surface area contributed by atoms with Gasteiger partial charge >= 0.3 is 5.97 Å². The Balaban J connectivity index is 2.34. The number of hydrogen-bond donors (Lipinski definition) is 1. The van der Waals surface area contributed by atoms with Gasteiger partial charge in [-0.3, -0.25) is 4.79 Å². The van der Waals surface area contributed by atoms with Gasteiger partial charge in [-0.05, 0) is 19.8 Å². The minimum absolute atomic E-state index is 0.165. The van der Waals surface area contributed by atoms with E-state index in [-0.39, 0.29) is 12.6 Å². The van der Waals surface area contributed by atoms with Gasteiger partial charge < -0.3 is 14.7 Å². The predicted octanol–water partition coefficient (Wildman–Crippen LogP) is 1.66. The molecular weight excluding hydrogens is 270 g/mol. The molecule has 2 rings (SSSR count). The summed E-state index contributed by atoms with van der Waals surface area (Å²) < 4.78 is 5.40. The number of ether oxygens (including phenoxy) is 1. The van der Waals surface area contributed by atoms with E-state index < -0.39 is 11.9 Å². The normalized spacial score (nSPS) is 21.5. The molecule has 21 heavy (non-hydrogen) atoms. The fourth-order valence-electron chi connectivity index (χ4n) is 2.72. The second-order valence-electron chi connectivity index (χ2n) is 5.36. The Labute approximate surface area is 125 Å². The highest BCUT2D eigenvalue weighted by Crippen LogP contribution is 2.25. The number of aryl methyl sites for hydroxylation is 2. The zero-order valence-corrected chi connectivity index (χ0v) is 12.9. The van der Waals surface area contributed by atoms with Crippen LogP contribution in [0.4, 0.5) is 5.82 Å². The first-order valence-electron chi connectivity index (χ1n) is 7.48. The summed E-state index contributed by atoms with van der Waals surface area (Å²) in [5.74, 6) is 0.219. The molecule has 1 aromatic rings. The number of aliphatic carboxylic acids is 1. The third-order valence-electron chi connectivity index (χ3n) is 3.77. The number of aromatic nitrogens is 2. The molecule has 0 aromatic carbocycles. The van der Waals surface area contributed by atoms with Gasteiger partial charge in [0.2, 0.25) is 0 Å². The molecule has 1 N–H and O–H groups in total. The molecule has 116 valence electrons. The Kier molecular flexibility index (Phi) is 5.12. The lowest BCUT2D eigenvalue weighted by Gasteiger charge is -2.31. The van der Waals surface area contributed by atoms with E-state index in [1.165, 1.54) is 0 Å². The van der Waals surface area contributed by atoms with Crippen LogP contribution < -0.4 is 4.90 Å². The molecule has 0 spiro atoms. The van der Waals surface area contributed by atoms with Crippen molar-refractivity contribution >= 4 is 11.8 Å². The first kappa shape index (κ1) is 15.7. The molecular formula is C15H23N3O3. The predicted molar refractivity (Wildman–Crippen MR) is 79.5 cm³/mol. The second-order valence-corrected chi connectivity index (χ2v) is 5.36. The van der Waals surface area contributed by atoms with E-state index >= 15 is 0 Å². The maximum absolute atomic E-state index is 11.4. The van der Waals surface area contributed by atoms with Gasteiger partial charge in [0, 0.05) is 18.3 Å². The van der Waals surface area contributed by atoms with Crippen molar-refractivity contribution in [2.45, 2.75) is 39.7 Å². The molecule has 1 saturated heterocycles. The van der Waals surface area contributed by atoms with Gasteiger partial charge in [0.05, 0.1) is 19.3 Å². The summed E-state index contributed by atoms with van der Waals surface area (Å²) in [5.41, 5.74) is 0.976. The summed E-state index contributed by atoms with van der Waals surface area (Å²) >= 11 is 0. The van der Waals surface area contributed by atoms with E-state index in [9.17, 15) is 9.90 Å². The minimum atomic E-state index is -0.805. The highest BCUT2D eigenvalue weighted by Gasteiger charge is 2.38. The van der Waals surface area contributed by atoms with Gasteiger partial charge in [-0.25, -0.2) is 9.97 Å². The summed E-state index contributed by atoms with van der Waals surface area (Å²) in [6, 6.07) is 1.79. The van der Waals surface area contributed by atoms with E-state index in [1.807, 2.05) is 13.0 Å². The molecule has 1 aliphatic heterocycles. The third-order valence-corrected chi connectivity index (χ3v) is 3.77. The zero-order valence-electron chi connectivity index (χ0n) is 12.9. The van der Waals surface area contributed by atoms with E-state index in [4.69, 9.17) is 4.74 Å². The van der Waals surface area contributed by atoms with Crippen LogP contribution >= 0.6 is 0 Å². The first-order valence-corrected chi connectivity index (χ1v) is 7.48. The minimum Gasteiger partial charge on any atom is -0.481 e. The molecule has 2 heterocycles. The second kappa shape index (κ2) is 6.85. The van der Waals surface area contributed by atoms with Crippen molar-refractivity contribution in [3.05, 3.63) is 17.6 Å². The Morgan fingerprint density at radius 3 is 2.81 bits per heavy atom. The Bertz CT molecular complexity index is 507. The Morgan fingerprint density at radius 1 is 1.43 bits per heavy atom. The lowest BCUT2D eigenvalue weighted by Crippen LogP contribution is -2.44. The molecule has 6 nitrogen and oxygen atoms in total. The number of hydrogen-bond acceptors (Lipinski definition) is 5. The molecule has 0 bridgehead atoms. The molecule has 0 aliphatic carbocycles. The summed E-state index contributed by atoms with van der Waals surface area (Å²) in [6.07, 6.45) is 1.76. The van der Waals surface area contributed by atoms with Crippen LogP contribution in [0, 0.1) is 12.8 Å². The van der Waals surface area contributed by atoms with Crippen molar-refractivity contribution in [1.29, 1.82) is 0 Å². The Morgan fingerprint density at radius 2 is 2.19 bits per heavy atom. The maximum atomic E-state index is 11.4. The third kappa shape index (κ3) is 3.50. The van der Waals surface area contributed by atoms with Crippen molar-refractivity contribution in [1.82, 2.24) is 9.97 Å². The number of rotatable bonds is 6. The smallest absolute Gasteiger partial charge is 0.311 e. The Hall–Kier alpha value is -1.69. The fourth-order valence-corrected chi connectivity index (χ4v) is 2.72. The number of nitrogens with zero attached hydrogens (tertiary/aromatic N) is 3. The zero-order chi connectivity index (χ0) is 15.4. The van der Waals surface area contributed by atoms with E-state index in [2.05, 4.69) is 28.7 Å². The molecule has 1 fully saturated rings. The lowest BCUT2D eigenvalue weighted by atomic mass is 10.0. The quantitative estimate of drug-likeness (QED) is 0.859. The lowest BCUT2D eigenvalue weighted by molar-refractivity contribution is -0.141. The highest BCUT2D eigenvalue weighted by atomic mass is 16.5. The molecule has 1 aliphatic rings. The van der Waals surface area contributed by atoms with Gasteiger partial charge in [0.15, 0.2) is 0 Å². The molecule has 0 amide bonds. The van der Waals surface area contributed by atoms with Crippen molar-refractivity contribution in [3.8, 4) is 0 Å². The van der Waals surface area contributed by atoms with Crippen LogP contribution in [-0.4, -0.2) is 46.8 Å². The van der Waals surface area contributed by atoms with Crippen LogP contribution in [-0.2, 0) is 16.0 Å².